The average molecular weight is 612 g/mol. The Kier molecular flexibility index (Phi) is 10.3. The molecule has 0 unspecified atom stereocenters. The molecule has 0 bridgehead atoms. The number of benzene rings is 2. The number of carbonyl (C=O) groups is 4. The van der Waals surface area contributed by atoms with Crippen LogP contribution in [0.3, 0.4) is 0 Å². The standard InChI is InChI=1S/C32H37NO9S/c1-18(31(36)37)9-24(34)29-14-21-11-20(25(40-3)15-28(21)43-29)7-5-6-8-42-27-13-23-17-33(16-22(23)12-26(27)41-4)30(35)10-19(2)32(38)39/h11-15,18-19H,5-10,16-17H2,1-4H3,(H,36,37)(H,38,39)/t18-,19-/m0/s1. The number of Topliss-reactive ketones (excluding diaryl/α,β-unsaturated/α-hetero) is 1. The molecule has 10 nitrogen and oxygen atoms in total. The molecule has 0 saturated heterocycles. The first-order valence-corrected chi connectivity index (χ1v) is 15.0. The summed E-state index contributed by atoms with van der Waals surface area (Å²) in [4.78, 5) is 49.7. The summed E-state index contributed by atoms with van der Waals surface area (Å²) in [5.41, 5.74) is 2.93. The zero-order valence-electron chi connectivity index (χ0n) is 24.8. The molecule has 11 heteroatoms. The van der Waals surface area contributed by atoms with Crippen LogP contribution in [0.15, 0.2) is 30.3 Å². The van der Waals surface area contributed by atoms with Crippen molar-refractivity contribution >= 4 is 45.1 Å². The molecule has 230 valence electrons. The number of carboxylic acids is 2. The van der Waals surface area contributed by atoms with Gasteiger partial charge in [0.2, 0.25) is 5.91 Å². The van der Waals surface area contributed by atoms with Crippen molar-refractivity contribution in [2.24, 2.45) is 11.8 Å². The van der Waals surface area contributed by atoms with Crippen LogP contribution in [0.5, 0.6) is 17.2 Å². The highest BCUT2D eigenvalue weighted by atomic mass is 32.1. The van der Waals surface area contributed by atoms with Crippen LogP contribution in [-0.4, -0.2) is 59.6 Å². The first-order valence-electron chi connectivity index (χ1n) is 14.2. The largest absolute Gasteiger partial charge is 0.496 e. The van der Waals surface area contributed by atoms with Gasteiger partial charge in [0.05, 0.1) is 37.5 Å². The molecule has 2 aromatic carbocycles. The van der Waals surface area contributed by atoms with E-state index in [1.807, 2.05) is 30.3 Å². The third-order valence-corrected chi connectivity index (χ3v) is 8.81. The van der Waals surface area contributed by atoms with Gasteiger partial charge in [-0.2, -0.15) is 0 Å². The van der Waals surface area contributed by atoms with Crippen LogP contribution in [0.1, 0.15) is 65.9 Å². The maximum absolute atomic E-state index is 12.6. The number of amides is 1. The molecule has 2 N–H and O–H groups in total. The van der Waals surface area contributed by atoms with Gasteiger partial charge in [0.15, 0.2) is 17.3 Å². The molecule has 0 radical (unpaired) electrons. The lowest BCUT2D eigenvalue weighted by molar-refractivity contribution is -0.145. The Morgan fingerprint density at radius 2 is 1.47 bits per heavy atom. The lowest BCUT2D eigenvalue weighted by atomic mass is 10.0. The van der Waals surface area contributed by atoms with Gasteiger partial charge in [0.1, 0.15) is 5.75 Å². The van der Waals surface area contributed by atoms with Crippen molar-refractivity contribution in [3.05, 3.63) is 51.9 Å². The molecular formula is C32H37NO9S. The third-order valence-electron chi connectivity index (χ3n) is 7.67. The molecule has 2 atom stereocenters. The van der Waals surface area contributed by atoms with E-state index in [0.29, 0.717) is 36.1 Å². The molecule has 1 aliphatic rings. The van der Waals surface area contributed by atoms with Crippen LogP contribution in [-0.2, 0) is 33.9 Å². The van der Waals surface area contributed by atoms with E-state index in [2.05, 4.69) is 0 Å². The fourth-order valence-electron chi connectivity index (χ4n) is 5.04. The van der Waals surface area contributed by atoms with Crippen LogP contribution in [0, 0.1) is 11.8 Å². The summed E-state index contributed by atoms with van der Waals surface area (Å²) in [7, 11) is 3.18. The number of ether oxygens (including phenoxy) is 3. The van der Waals surface area contributed by atoms with Gasteiger partial charge in [0, 0.05) is 30.6 Å². The van der Waals surface area contributed by atoms with Crippen molar-refractivity contribution in [1.29, 1.82) is 0 Å². The number of carbonyl (C=O) groups excluding carboxylic acids is 2. The van der Waals surface area contributed by atoms with Gasteiger partial charge in [0.25, 0.3) is 0 Å². The van der Waals surface area contributed by atoms with E-state index in [9.17, 15) is 19.2 Å². The van der Waals surface area contributed by atoms with Gasteiger partial charge in [-0.1, -0.05) is 13.8 Å². The SMILES string of the molecule is COc1cc2sc(C(=O)C[C@H](C)C(=O)O)cc2cc1CCCCOc1cc2c(cc1OC)CN(C(=O)C[C@H](C)C(=O)O)C2. The fourth-order valence-corrected chi connectivity index (χ4v) is 6.06. The Hall–Kier alpha value is -4.12. The highest BCUT2D eigenvalue weighted by Gasteiger charge is 2.28. The van der Waals surface area contributed by atoms with E-state index in [-0.39, 0.29) is 24.5 Å². The Morgan fingerprint density at radius 1 is 0.837 bits per heavy atom. The molecule has 1 aliphatic heterocycles. The lowest BCUT2D eigenvalue weighted by Gasteiger charge is -2.16. The van der Waals surface area contributed by atoms with Crippen molar-refractivity contribution in [1.82, 2.24) is 4.90 Å². The van der Waals surface area contributed by atoms with Gasteiger partial charge < -0.3 is 29.3 Å². The smallest absolute Gasteiger partial charge is 0.306 e. The van der Waals surface area contributed by atoms with Gasteiger partial charge in [-0.15, -0.1) is 11.3 Å². The normalized spacial score (nSPS) is 13.8. The molecule has 0 spiro atoms. The predicted molar refractivity (Wildman–Crippen MR) is 161 cm³/mol. The summed E-state index contributed by atoms with van der Waals surface area (Å²) in [5, 5.41) is 19.2. The topological polar surface area (TPSA) is 140 Å². The van der Waals surface area contributed by atoms with E-state index in [1.54, 1.807) is 19.1 Å². The number of methoxy groups -OCH3 is 2. The Bertz CT molecular complexity index is 1530. The zero-order chi connectivity index (χ0) is 31.3. The molecule has 0 saturated carbocycles. The number of carboxylic acid groups (broad SMARTS) is 2. The highest BCUT2D eigenvalue weighted by Crippen LogP contribution is 2.36. The molecule has 2 heterocycles. The van der Waals surface area contributed by atoms with E-state index in [1.165, 1.54) is 25.2 Å². The molecule has 1 aromatic heterocycles. The minimum atomic E-state index is -0.988. The summed E-state index contributed by atoms with van der Waals surface area (Å²) < 4.78 is 18.1. The van der Waals surface area contributed by atoms with Crippen molar-refractivity contribution < 1.29 is 43.6 Å². The Morgan fingerprint density at radius 3 is 2.09 bits per heavy atom. The van der Waals surface area contributed by atoms with Crippen molar-refractivity contribution in [3.8, 4) is 17.2 Å². The number of hydrogen-bond donors (Lipinski definition) is 2. The van der Waals surface area contributed by atoms with Crippen LogP contribution in [0.25, 0.3) is 10.1 Å². The second kappa shape index (κ2) is 13.9. The molecule has 43 heavy (non-hydrogen) atoms. The number of aliphatic carboxylic acids is 2. The van der Waals surface area contributed by atoms with Gasteiger partial charge >= 0.3 is 11.9 Å². The first kappa shape index (κ1) is 31.8. The minimum Gasteiger partial charge on any atom is -0.496 e. The van der Waals surface area contributed by atoms with E-state index in [0.717, 1.165) is 51.8 Å². The number of aryl methyl sites for hydroxylation is 1. The molecular weight excluding hydrogens is 574 g/mol. The predicted octanol–water partition coefficient (Wildman–Crippen LogP) is 5.57. The Labute approximate surface area is 254 Å². The van der Waals surface area contributed by atoms with Gasteiger partial charge in [-0.25, -0.2) is 0 Å². The summed E-state index contributed by atoms with van der Waals surface area (Å²) >= 11 is 1.34. The summed E-state index contributed by atoms with van der Waals surface area (Å²) in [6, 6.07) is 9.54. The second-order valence-electron chi connectivity index (χ2n) is 10.9. The highest BCUT2D eigenvalue weighted by molar-refractivity contribution is 7.20. The number of thiophene rings is 1. The van der Waals surface area contributed by atoms with Gasteiger partial charge in [-0.05, 0) is 71.7 Å². The number of ketones is 1. The maximum Gasteiger partial charge on any atom is 0.306 e. The Balaban J connectivity index is 1.34. The zero-order valence-corrected chi connectivity index (χ0v) is 25.6. The number of nitrogens with zero attached hydrogens (tertiary/aromatic N) is 1. The lowest BCUT2D eigenvalue weighted by Crippen LogP contribution is -2.28. The second-order valence-corrected chi connectivity index (χ2v) is 12.0. The quantitative estimate of drug-likeness (QED) is 0.167. The van der Waals surface area contributed by atoms with Crippen molar-refractivity contribution in [3.63, 3.8) is 0 Å². The minimum absolute atomic E-state index is 0.0381. The monoisotopic (exact) mass is 611 g/mol. The van der Waals surface area contributed by atoms with E-state index >= 15 is 0 Å². The molecule has 0 aliphatic carbocycles. The molecule has 4 rings (SSSR count). The van der Waals surface area contributed by atoms with Crippen LogP contribution in [0.4, 0.5) is 0 Å². The number of unbranched alkanes of at least 4 members (excludes halogenated alkanes) is 1. The summed E-state index contributed by atoms with van der Waals surface area (Å²) in [6.07, 6.45) is 2.25. The molecule has 1 amide bonds. The number of rotatable bonds is 15. The van der Waals surface area contributed by atoms with E-state index in [4.69, 9.17) is 24.4 Å². The summed E-state index contributed by atoms with van der Waals surface area (Å²) in [6.45, 7) is 4.32. The average Bonchev–Trinajstić information content (AvgIpc) is 3.59. The van der Waals surface area contributed by atoms with Crippen LogP contribution >= 0.6 is 11.3 Å². The molecule has 0 fully saturated rings. The molecule has 3 aromatic rings. The van der Waals surface area contributed by atoms with Crippen LogP contribution < -0.4 is 14.2 Å². The van der Waals surface area contributed by atoms with Crippen molar-refractivity contribution in [2.45, 2.75) is 59.0 Å². The number of fused-ring (bicyclic) bond motifs is 2. The first-order chi connectivity index (χ1) is 20.5. The van der Waals surface area contributed by atoms with Crippen molar-refractivity contribution in [2.75, 3.05) is 20.8 Å². The maximum atomic E-state index is 12.6. The van der Waals surface area contributed by atoms with Gasteiger partial charge in [-0.3, -0.25) is 19.2 Å². The van der Waals surface area contributed by atoms with E-state index < -0.39 is 23.8 Å². The van der Waals surface area contributed by atoms with Crippen LogP contribution in [0.2, 0.25) is 0 Å². The fraction of sp³-hybridized carbons (Fsp3) is 0.438. The number of hydrogen-bond acceptors (Lipinski definition) is 8. The third kappa shape index (κ3) is 7.64. The summed E-state index contributed by atoms with van der Waals surface area (Å²) in [5.74, 6) is -1.90.